The third-order valence-corrected chi connectivity index (χ3v) is 3.52. The highest BCUT2D eigenvalue weighted by molar-refractivity contribution is 6.31. The molecular weight excluding hydrogens is 314 g/mol. The molecule has 0 radical (unpaired) electrons. The van der Waals surface area contributed by atoms with Crippen LogP contribution in [0.5, 0.6) is 5.75 Å². The van der Waals surface area contributed by atoms with Crippen molar-refractivity contribution in [1.29, 1.82) is 5.26 Å². The first-order valence-corrected chi connectivity index (χ1v) is 7.17. The van der Waals surface area contributed by atoms with E-state index in [2.05, 4.69) is 16.4 Å². The van der Waals surface area contributed by atoms with Crippen LogP contribution in [0.3, 0.4) is 0 Å². The molecule has 23 heavy (non-hydrogen) atoms. The Morgan fingerprint density at radius 2 is 2.17 bits per heavy atom. The summed E-state index contributed by atoms with van der Waals surface area (Å²) in [6.45, 7) is 1.85. The van der Waals surface area contributed by atoms with Crippen molar-refractivity contribution in [3.63, 3.8) is 0 Å². The fourth-order valence-corrected chi connectivity index (χ4v) is 2.28. The van der Waals surface area contributed by atoms with E-state index in [1.165, 1.54) is 6.20 Å². The number of benzene rings is 2. The van der Waals surface area contributed by atoms with Crippen molar-refractivity contribution < 1.29 is 9.52 Å². The van der Waals surface area contributed by atoms with Gasteiger partial charge in [0, 0.05) is 16.9 Å². The maximum atomic E-state index is 9.41. The molecule has 0 saturated heterocycles. The molecule has 0 unspecified atom stereocenters. The second-order valence-corrected chi connectivity index (χ2v) is 5.38. The number of phenolic OH excluding ortho intramolecular Hbond substituents is 1. The minimum Gasteiger partial charge on any atom is -0.508 e. The molecule has 0 amide bonds. The number of nitrogens with zero attached hydrogens (tertiary/aromatic N) is 2. The van der Waals surface area contributed by atoms with Gasteiger partial charge in [-0.15, -0.1) is 0 Å². The van der Waals surface area contributed by atoms with Crippen LogP contribution >= 0.6 is 11.6 Å². The summed E-state index contributed by atoms with van der Waals surface area (Å²) in [6.07, 6.45) is 1.52. The summed E-state index contributed by atoms with van der Waals surface area (Å²) in [7, 11) is 0. The maximum absolute atomic E-state index is 9.41. The van der Waals surface area contributed by atoms with E-state index in [4.69, 9.17) is 16.0 Å². The van der Waals surface area contributed by atoms with E-state index in [0.717, 1.165) is 11.3 Å². The van der Waals surface area contributed by atoms with Gasteiger partial charge in [0.05, 0.1) is 0 Å². The number of aromatic hydroxyl groups is 1. The number of allylic oxidation sites excluding steroid dienone is 1. The Morgan fingerprint density at radius 1 is 1.35 bits per heavy atom. The van der Waals surface area contributed by atoms with Crippen LogP contribution in [0.1, 0.15) is 11.5 Å². The molecule has 3 rings (SSSR count). The number of hydrogen-bond acceptors (Lipinski definition) is 5. The van der Waals surface area contributed by atoms with E-state index in [9.17, 15) is 10.4 Å². The van der Waals surface area contributed by atoms with Gasteiger partial charge < -0.3 is 14.8 Å². The number of fused-ring (bicyclic) bond motifs is 1. The van der Waals surface area contributed by atoms with E-state index in [1.54, 1.807) is 36.4 Å². The van der Waals surface area contributed by atoms with E-state index in [1.807, 2.05) is 6.92 Å². The molecule has 0 aliphatic carbocycles. The minimum absolute atomic E-state index is 0.188. The predicted octanol–water partition coefficient (Wildman–Crippen LogP) is 4.47. The lowest BCUT2D eigenvalue weighted by atomic mass is 10.2. The van der Waals surface area contributed by atoms with E-state index in [-0.39, 0.29) is 17.2 Å². The van der Waals surface area contributed by atoms with E-state index in [0.29, 0.717) is 16.1 Å². The smallest absolute Gasteiger partial charge is 0.239 e. The van der Waals surface area contributed by atoms with Gasteiger partial charge in [-0.05, 0) is 48.9 Å². The Bertz CT molecular complexity index is 954. The summed E-state index contributed by atoms with van der Waals surface area (Å²) in [5.74, 6) is 0.405. The van der Waals surface area contributed by atoms with Crippen LogP contribution in [-0.2, 0) is 0 Å². The number of aromatic nitrogens is 1. The highest BCUT2D eigenvalue weighted by atomic mass is 35.5. The normalized spacial score (nSPS) is 11.4. The van der Waals surface area contributed by atoms with Crippen LogP contribution in [-0.4, -0.2) is 10.1 Å². The molecule has 1 aromatic heterocycles. The lowest BCUT2D eigenvalue weighted by Gasteiger charge is -2.05. The molecule has 0 aliphatic heterocycles. The molecule has 1 heterocycles. The molecule has 2 aromatic carbocycles. The van der Waals surface area contributed by atoms with Gasteiger partial charge in [-0.2, -0.15) is 5.26 Å². The lowest BCUT2D eigenvalue weighted by molar-refractivity contribution is 0.475. The molecular formula is C17H12ClN3O2. The maximum Gasteiger partial charge on any atom is 0.239 e. The Hall–Kier alpha value is -2.97. The van der Waals surface area contributed by atoms with Crippen molar-refractivity contribution in [3.05, 3.63) is 59.1 Å². The monoisotopic (exact) mass is 325 g/mol. The number of anilines is 1. The number of rotatable bonds is 3. The number of hydrogen-bond donors (Lipinski definition) is 2. The zero-order chi connectivity index (χ0) is 16.4. The van der Waals surface area contributed by atoms with Crippen LogP contribution in [0.15, 0.2) is 47.0 Å². The molecule has 0 spiro atoms. The summed E-state index contributed by atoms with van der Waals surface area (Å²) in [4.78, 5) is 4.27. The van der Waals surface area contributed by atoms with Crippen molar-refractivity contribution in [3.8, 4) is 11.8 Å². The standard InChI is InChI=1S/C17H12ClN3O2/c1-10-6-13(22)3-4-14(10)20-9-11(8-19)17-21-15-7-12(18)2-5-16(15)23-17/h2-7,9,20,22H,1H3. The van der Waals surface area contributed by atoms with Crippen molar-refractivity contribution in [2.75, 3.05) is 5.32 Å². The summed E-state index contributed by atoms with van der Waals surface area (Å²) >= 11 is 5.92. The second-order valence-electron chi connectivity index (χ2n) is 4.94. The number of aryl methyl sites for hydroxylation is 1. The van der Waals surface area contributed by atoms with Gasteiger partial charge in [0.2, 0.25) is 5.89 Å². The molecule has 114 valence electrons. The van der Waals surface area contributed by atoms with Crippen molar-refractivity contribution in [1.82, 2.24) is 4.98 Å². The minimum atomic E-state index is 0.188. The van der Waals surface area contributed by atoms with Gasteiger partial charge in [0.15, 0.2) is 5.58 Å². The van der Waals surface area contributed by atoms with Gasteiger partial charge in [-0.25, -0.2) is 4.98 Å². The summed E-state index contributed by atoms with van der Waals surface area (Å²) in [6, 6.07) is 12.1. The zero-order valence-corrected chi connectivity index (χ0v) is 12.9. The lowest BCUT2D eigenvalue weighted by Crippen LogP contribution is -1.93. The molecule has 0 atom stereocenters. The van der Waals surface area contributed by atoms with Gasteiger partial charge in [0.1, 0.15) is 22.9 Å². The largest absolute Gasteiger partial charge is 0.508 e. The van der Waals surface area contributed by atoms with Gasteiger partial charge in [0.25, 0.3) is 0 Å². The molecule has 0 aliphatic rings. The van der Waals surface area contributed by atoms with E-state index >= 15 is 0 Å². The average molecular weight is 326 g/mol. The predicted molar refractivity (Wildman–Crippen MR) is 89.1 cm³/mol. The first-order chi connectivity index (χ1) is 11.1. The van der Waals surface area contributed by atoms with Crippen molar-refractivity contribution in [2.45, 2.75) is 6.92 Å². The Labute approximate surface area is 137 Å². The SMILES string of the molecule is Cc1cc(O)ccc1NC=C(C#N)c1nc2cc(Cl)ccc2o1. The third-order valence-electron chi connectivity index (χ3n) is 3.28. The second kappa shape index (κ2) is 6.03. The number of oxazole rings is 1. The molecule has 6 heteroatoms. The van der Waals surface area contributed by atoms with Crippen LogP contribution in [0.2, 0.25) is 5.02 Å². The third kappa shape index (κ3) is 3.12. The Kier molecular flexibility index (Phi) is 3.92. The topological polar surface area (TPSA) is 82.1 Å². The Balaban J connectivity index is 1.93. The highest BCUT2D eigenvalue weighted by Gasteiger charge is 2.11. The summed E-state index contributed by atoms with van der Waals surface area (Å²) in [5.41, 5.74) is 3.03. The number of phenols is 1. The van der Waals surface area contributed by atoms with Gasteiger partial charge in [-0.3, -0.25) is 0 Å². The first-order valence-electron chi connectivity index (χ1n) is 6.80. The van der Waals surface area contributed by atoms with Crippen LogP contribution in [0, 0.1) is 18.3 Å². The Morgan fingerprint density at radius 3 is 2.91 bits per heavy atom. The van der Waals surface area contributed by atoms with Crippen molar-refractivity contribution >= 4 is 34.0 Å². The molecule has 5 nitrogen and oxygen atoms in total. The van der Waals surface area contributed by atoms with Crippen LogP contribution < -0.4 is 5.32 Å². The summed E-state index contributed by atoms with van der Waals surface area (Å²) < 4.78 is 5.57. The van der Waals surface area contributed by atoms with Crippen molar-refractivity contribution in [2.24, 2.45) is 0 Å². The molecule has 3 aromatic rings. The fraction of sp³-hybridized carbons (Fsp3) is 0.0588. The number of nitriles is 1. The number of nitrogens with one attached hydrogen (secondary N) is 1. The molecule has 0 fully saturated rings. The average Bonchev–Trinajstić information content (AvgIpc) is 2.92. The van der Waals surface area contributed by atoms with E-state index < -0.39 is 0 Å². The fourth-order valence-electron chi connectivity index (χ4n) is 2.12. The first kappa shape index (κ1) is 14.9. The molecule has 0 bridgehead atoms. The zero-order valence-electron chi connectivity index (χ0n) is 12.2. The van der Waals surface area contributed by atoms with Gasteiger partial charge in [-0.1, -0.05) is 11.6 Å². The molecule has 2 N–H and O–H groups in total. The van der Waals surface area contributed by atoms with Crippen LogP contribution in [0.25, 0.3) is 16.7 Å². The summed E-state index contributed by atoms with van der Waals surface area (Å²) in [5, 5.41) is 22.3. The van der Waals surface area contributed by atoms with Crippen LogP contribution in [0.4, 0.5) is 5.69 Å². The highest BCUT2D eigenvalue weighted by Crippen LogP contribution is 2.25. The quantitative estimate of drug-likeness (QED) is 0.548. The molecule has 0 saturated carbocycles. The number of halogens is 1. The van der Waals surface area contributed by atoms with Gasteiger partial charge >= 0.3 is 0 Å².